The zero-order valence-electron chi connectivity index (χ0n) is 11.4. The second-order valence-corrected chi connectivity index (χ2v) is 4.84. The lowest BCUT2D eigenvalue weighted by molar-refractivity contribution is -0.117. The molecule has 1 aromatic carbocycles. The van der Waals surface area contributed by atoms with Crippen LogP contribution in [-0.4, -0.2) is 49.4 Å². The molecular weight excluding hydrogens is 256 g/mol. The molecule has 4 N–H and O–H groups in total. The number of nitrogens with two attached hydrogens (primary N) is 1. The minimum atomic E-state index is -0.542. The highest BCUT2D eigenvalue weighted by molar-refractivity contribution is 6.03. The summed E-state index contributed by atoms with van der Waals surface area (Å²) in [6.07, 6.45) is 1.03. The fraction of sp³-hybridized carbons (Fsp3) is 0.429. The Balaban J connectivity index is 1.95. The molecule has 1 aliphatic heterocycles. The van der Waals surface area contributed by atoms with E-state index in [1.165, 1.54) is 0 Å². The molecule has 6 heteroatoms. The van der Waals surface area contributed by atoms with Crippen molar-refractivity contribution in [1.29, 1.82) is 0 Å². The van der Waals surface area contributed by atoms with E-state index in [0.717, 1.165) is 32.6 Å². The maximum atomic E-state index is 12.0. The van der Waals surface area contributed by atoms with Gasteiger partial charge in [-0.1, -0.05) is 12.1 Å². The molecule has 1 heterocycles. The van der Waals surface area contributed by atoms with E-state index in [9.17, 15) is 9.59 Å². The van der Waals surface area contributed by atoms with Crippen LogP contribution in [0.25, 0.3) is 0 Å². The number of nitrogens with one attached hydrogen (secondary N) is 2. The van der Waals surface area contributed by atoms with Gasteiger partial charge >= 0.3 is 0 Å². The van der Waals surface area contributed by atoms with Gasteiger partial charge in [-0.3, -0.25) is 14.5 Å². The van der Waals surface area contributed by atoms with Crippen LogP contribution >= 0.6 is 0 Å². The third-order valence-corrected chi connectivity index (χ3v) is 3.27. The van der Waals surface area contributed by atoms with Crippen molar-refractivity contribution in [3.05, 3.63) is 29.8 Å². The highest BCUT2D eigenvalue weighted by Crippen LogP contribution is 2.14. The average Bonchev–Trinajstić information content (AvgIpc) is 2.67. The number of para-hydroxylation sites is 1. The first-order chi connectivity index (χ1) is 9.66. The first-order valence-electron chi connectivity index (χ1n) is 6.78. The molecule has 0 saturated carbocycles. The van der Waals surface area contributed by atoms with Gasteiger partial charge < -0.3 is 16.4 Å². The van der Waals surface area contributed by atoms with Crippen LogP contribution in [0.5, 0.6) is 0 Å². The van der Waals surface area contributed by atoms with Crippen LogP contribution in [0, 0.1) is 0 Å². The minimum absolute atomic E-state index is 0.124. The van der Waals surface area contributed by atoms with Gasteiger partial charge in [0, 0.05) is 13.1 Å². The Morgan fingerprint density at radius 2 is 2.05 bits per heavy atom. The molecule has 108 valence electrons. The molecule has 0 unspecified atom stereocenters. The van der Waals surface area contributed by atoms with Gasteiger partial charge in [-0.25, -0.2) is 0 Å². The molecular formula is C14H20N4O2. The van der Waals surface area contributed by atoms with Crippen molar-refractivity contribution >= 4 is 17.5 Å². The van der Waals surface area contributed by atoms with E-state index in [0.29, 0.717) is 17.8 Å². The van der Waals surface area contributed by atoms with Crippen molar-refractivity contribution < 1.29 is 9.59 Å². The van der Waals surface area contributed by atoms with Crippen LogP contribution in [-0.2, 0) is 4.79 Å². The summed E-state index contributed by atoms with van der Waals surface area (Å²) in [7, 11) is 0. The van der Waals surface area contributed by atoms with E-state index in [1.54, 1.807) is 24.3 Å². The number of nitrogens with zero attached hydrogens (tertiary/aromatic N) is 1. The molecule has 2 rings (SSSR count). The van der Waals surface area contributed by atoms with Gasteiger partial charge in [0.05, 0.1) is 17.8 Å². The van der Waals surface area contributed by atoms with Gasteiger partial charge in [-0.2, -0.15) is 0 Å². The van der Waals surface area contributed by atoms with E-state index < -0.39 is 5.91 Å². The Morgan fingerprint density at radius 3 is 2.85 bits per heavy atom. The monoisotopic (exact) mass is 276 g/mol. The summed E-state index contributed by atoms with van der Waals surface area (Å²) in [4.78, 5) is 25.4. The lowest BCUT2D eigenvalue weighted by Gasteiger charge is -2.19. The Bertz CT molecular complexity index is 482. The second kappa shape index (κ2) is 7.02. The SMILES string of the molecule is NC(=O)c1ccccc1NC(=O)CN1CCCNCC1. The summed E-state index contributed by atoms with van der Waals surface area (Å²) in [6, 6.07) is 6.77. The molecule has 0 atom stereocenters. The van der Waals surface area contributed by atoms with Gasteiger partial charge in [0.25, 0.3) is 5.91 Å². The summed E-state index contributed by atoms with van der Waals surface area (Å²) in [5, 5.41) is 6.05. The fourth-order valence-electron chi connectivity index (χ4n) is 2.26. The Morgan fingerprint density at radius 1 is 1.25 bits per heavy atom. The van der Waals surface area contributed by atoms with Crippen molar-refractivity contribution in [1.82, 2.24) is 10.2 Å². The largest absolute Gasteiger partial charge is 0.366 e. The highest BCUT2D eigenvalue weighted by atomic mass is 16.2. The second-order valence-electron chi connectivity index (χ2n) is 4.84. The van der Waals surface area contributed by atoms with Crippen molar-refractivity contribution in [2.75, 3.05) is 38.0 Å². The topological polar surface area (TPSA) is 87.5 Å². The van der Waals surface area contributed by atoms with E-state index in [1.807, 2.05) is 0 Å². The summed E-state index contributed by atoms with van der Waals surface area (Å²) in [5.74, 6) is -0.666. The Kier molecular flexibility index (Phi) is 5.09. The van der Waals surface area contributed by atoms with E-state index in [2.05, 4.69) is 15.5 Å². The summed E-state index contributed by atoms with van der Waals surface area (Å²) in [5.41, 5.74) is 6.09. The number of amides is 2. The van der Waals surface area contributed by atoms with Gasteiger partial charge in [-0.15, -0.1) is 0 Å². The first-order valence-corrected chi connectivity index (χ1v) is 6.78. The van der Waals surface area contributed by atoms with Crippen molar-refractivity contribution in [3.63, 3.8) is 0 Å². The average molecular weight is 276 g/mol. The molecule has 0 radical (unpaired) electrons. The molecule has 1 aromatic rings. The zero-order chi connectivity index (χ0) is 14.4. The normalized spacial score (nSPS) is 16.4. The molecule has 1 aliphatic rings. The number of carbonyl (C=O) groups excluding carboxylic acids is 2. The molecule has 2 amide bonds. The zero-order valence-corrected chi connectivity index (χ0v) is 11.4. The fourth-order valence-corrected chi connectivity index (χ4v) is 2.26. The Hall–Kier alpha value is -1.92. The highest BCUT2D eigenvalue weighted by Gasteiger charge is 2.14. The maximum Gasteiger partial charge on any atom is 0.250 e. The molecule has 0 bridgehead atoms. The van der Waals surface area contributed by atoms with Crippen molar-refractivity contribution in [2.45, 2.75) is 6.42 Å². The van der Waals surface area contributed by atoms with Crippen LogP contribution in [0.1, 0.15) is 16.8 Å². The van der Waals surface area contributed by atoms with Gasteiger partial charge in [-0.05, 0) is 31.6 Å². The van der Waals surface area contributed by atoms with Crippen molar-refractivity contribution in [2.24, 2.45) is 5.73 Å². The standard InChI is InChI=1S/C14H20N4O2/c15-14(20)11-4-1-2-5-12(11)17-13(19)10-18-8-3-6-16-7-9-18/h1-2,4-5,16H,3,6-10H2,(H2,15,20)(H,17,19). The maximum absolute atomic E-state index is 12.0. The van der Waals surface area contributed by atoms with E-state index in [4.69, 9.17) is 5.73 Å². The summed E-state index contributed by atoms with van der Waals surface area (Å²) in [6.45, 7) is 3.96. The first kappa shape index (κ1) is 14.5. The van der Waals surface area contributed by atoms with Crippen LogP contribution in [0.3, 0.4) is 0 Å². The van der Waals surface area contributed by atoms with Crippen LogP contribution in [0.2, 0.25) is 0 Å². The lowest BCUT2D eigenvalue weighted by Crippen LogP contribution is -2.36. The predicted octanol–water partition coefficient (Wildman–Crippen LogP) is 0.0193. The quantitative estimate of drug-likeness (QED) is 0.723. The summed E-state index contributed by atoms with van der Waals surface area (Å²) >= 11 is 0. The van der Waals surface area contributed by atoms with E-state index in [-0.39, 0.29) is 5.91 Å². The van der Waals surface area contributed by atoms with Crippen LogP contribution in [0.15, 0.2) is 24.3 Å². The number of anilines is 1. The molecule has 1 saturated heterocycles. The van der Waals surface area contributed by atoms with Crippen LogP contribution in [0.4, 0.5) is 5.69 Å². The predicted molar refractivity (Wildman–Crippen MR) is 77.5 cm³/mol. The number of rotatable bonds is 4. The minimum Gasteiger partial charge on any atom is -0.366 e. The van der Waals surface area contributed by atoms with Crippen LogP contribution < -0.4 is 16.4 Å². The Labute approximate surface area is 118 Å². The number of hydrogen-bond acceptors (Lipinski definition) is 4. The van der Waals surface area contributed by atoms with Gasteiger partial charge in [0.15, 0.2) is 0 Å². The summed E-state index contributed by atoms with van der Waals surface area (Å²) < 4.78 is 0. The molecule has 6 nitrogen and oxygen atoms in total. The number of primary amides is 1. The molecule has 1 fully saturated rings. The third kappa shape index (κ3) is 4.04. The lowest BCUT2D eigenvalue weighted by atomic mass is 10.1. The molecule has 0 aromatic heterocycles. The van der Waals surface area contributed by atoms with Gasteiger partial charge in [0.2, 0.25) is 5.91 Å². The number of benzene rings is 1. The molecule has 0 aliphatic carbocycles. The smallest absolute Gasteiger partial charge is 0.250 e. The van der Waals surface area contributed by atoms with Crippen molar-refractivity contribution in [3.8, 4) is 0 Å². The molecule has 0 spiro atoms. The molecule has 20 heavy (non-hydrogen) atoms. The van der Waals surface area contributed by atoms with Gasteiger partial charge in [0.1, 0.15) is 0 Å². The van der Waals surface area contributed by atoms with E-state index >= 15 is 0 Å². The number of carbonyl (C=O) groups is 2. The third-order valence-electron chi connectivity index (χ3n) is 3.27. The number of hydrogen-bond donors (Lipinski definition) is 3.